The summed E-state index contributed by atoms with van der Waals surface area (Å²) in [5, 5.41) is 22.5. The Morgan fingerprint density at radius 3 is 2.30 bits per heavy atom. The number of hydrogen-bond donors (Lipinski definition) is 6. The average molecular weight is 694 g/mol. The van der Waals surface area contributed by atoms with Crippen molar-refractivity contribution in [2.75, 3.05) is 19.6 Å². The molecule has 0 spiro atoms. The fourth-order valence-corrected chi connectivity index (χ4v) is 5.11. The molecule has 2 aromatic heterocycles. The van der Waals surface area contributed by atoms with Gasteiger partial charge in [0.25, 0.3) is 17.9 Å². The zero-order chi connectivity index (χ0) is 36.8. The third-order valence-corrected chi connectivity index (χ3v) is 7.48. The molecule has 17 heteroatoms. The first-order chi connectivity index (χ1) is 23.8. The second-order valence-corrected chi connectivity index (χ2v) is 12.0. The molecule has 0 fully saturated rings. The highest BCUT2D eigenvalue weighted by Crippen LogP contribution is 2.19. The molecule has 1 aliphatic rings. The minimum atomic E-state index is -1.04. The van der Waals surface area contributed by atoms with Crippen LogP contribution in [0.2, 0.25) is 0 Å². The number of aromatic amines is 1. The van der Waals surface area contributed by atoms with Gasteiger partial charge in [0.2, 0.25) is 23.6 Å². The standard InChI is InChI=1S/C32H41N9O6.CH2O2/c1-19(2)16-24-31(46)36-20(3)28-38-27(22-10-6-5-7-11-22)39-41(28)18-25(42)33-14-9-15-40(17-26(43)35-21(4)29(44)37-24)32(47)23-12-8-13-34-30(23)45;2-1-3/h5-8,10-13,19-21,24H,9,14-18H2,1-4H3,(H,33,42)(H,34,45)(H,35,43)(H,36,46)(H,37,44);1H,(H,2,3)/t20-,21+,24?;/m0./s1. The quantitative estimate of drug-likeness (QED) is 0.203. The van der Waals surface area contributed by atoms with Crippen LogP contribution in [0, 0.1) is 5.92 Å². The molecule has 0 saturated carbocycles. The van der Waals surface area contributed by atoms with E-state index in [4.69, 9.17) is 9.90 Å². The average Bonchev–Trinajstić information content (AvgIpc) is 3.49. The number of nitrogens with zero attached hydrogens (tertiary/aromatic N) is 4. The maximum Gasteiger partial charge on any atom is 0.290 e. The normalized spacial score (nSPS) is 19.5. The van der Waals surface area contributed by atoms with E-state index in [0.29, 0.717) is 18.1 Å². The summed E-state index contributed by atoms with van der Waals surface area (Å²) < 4.78 is 1.43. The topological polar surface area (TPSA) is 238 Å². The van der Waals surface area contributed by atoms with E-state index in [1.165, 1.54) is 34.8 Å². The molecular formula is C33H43N9O8. The van der Waals surface area contributed by atoms with E-state index in [0.717, 1.165) is 5.56 Å². The van der Waals surface area contributed by atoms with Crippen molar-refractivity contribution in [3.05, 3.63) is 70.4 Å². The smallest absolute Gasteiger partial charge is 0.290 e. The highest BCUT2D eigenvalue weighted by atomic mass is 16.3. The van der Waals surface area contributed by atoms with Crippen LogP contribution in [0.15, 0.2) is 53.5 Å². The number of aromatic nitrogens is 4. The number of carbonyl (C=O) groups is 6. The molecule has 3 heterocycles. The van der Waals surface area contributed by atoms with E-state index in [2.05, 4.69) is 36.3 Å². The lowest BCUT2D eigenvalue weighted by Gasteiger charge is -2.25. The number of fused-ring (bicyclic) bond motifs is 1. The molecule has 0 aliphatic carbocycles. The summed E-state index contributed by atoms with van der Waals surface area (Å²) in [6, 6.07) is 9.39. The highest BCUT2D eigenvalue weighted by Gasteiger charge is 2.29. The molecule has 5 amide bonds. The zero-order valence-electron chi connectivity index (χ0n) is 28.3. The van der Waals surface area contributed by atoms with Crippen molar-refractivity contribution in [2.24, 2.45) is 5.92 Å². The van der Waals surface area contributed by atoms with Crippen LogP contribution in [0.1, 0.15) is 62.8 Å². The van der Waals surface area contributed by atoms with Crippen LogP contribution < -0.4 is 26.8 Å². The van der Waals surface area contributed by atoms with Crippen molar-refractivity contribution < 1.29 is 33.9 Å². The lowest BCUT2D eigenvalue weighted by molar-refractivity contribution is -0.132. The first kappa shape index (κ1) is 38.6. The molecule has 4 rings (SSSR count). The predicted molar refractivity (Wildman–Crippen MR) is 180 cm³/mol. The molecular weight excluding hydrogens is 650 g/mol. The molecule has 1 aliphatic heterocycles. The minimum absolute atomic E-state index is 0.0279. The van der Waals surface area contributed by atoms with Crippen LogP contribution >= 0.6 is 0 Å². The Kier molecular flexibility index (Phi) is 14.4. The van der Waals surface area contributed by atoms with Gasteiger partial charge in [0, 0.05) is 24.8 Å². The summed E-state index contributed by atoms with van der Waals surface area (Å²) in [5.41, 5.74) is -0.0429. The number of nitrogens with one attached hydrogen (secondary N) is 5. The van der Waals surface area contributed by atoms with Crippen LogP contribution in [0.3, 0.4) is 0 Å². The maximum atomic E-state index is 13.5. The number of rotatable bonds is 4. The van der Waals surface area contributed by atoms with Crippen molar-refractivity contribution >= 4 is 36.0 Å². The van der Waals surface area contributed by atoms with Crippen molar-refractivity contribution in [1.82, 2.24) is 45.9 Å². The SMILES string of the molecule is CC(C)CC1NC(=O)[C@@H](C)NC(=O)CN(C(=O)c2ccc[nH]c2=O)CCCNC(=O)Cn2nc(-c3ccccc3)nc2[C@H](C)NC1=O.O=CO. The molecule has 6 N–H and O–H groups in total. The van der Waals surface area contributed by atoms with E-state index in [-0.39, 0.29) is 49.9 Å². The fourth-order valence-electron chi connectivity index (χ4n) is 5.11. The lowest BCUT2D eigenvalue weighted by Crippen LogP contribution is -2.54. The van der Waals surface area contributed by atoms with Gasteiger partial charge >= 0.3 is 0 Å². The highest BCUT2D eigenvalue weighted by molar-refractivity contribution is 5.97. The van der Waals surface area contributed by atoms with Crippen molar-refractivity contribution in [1.29, 1.82) is 0 Å². The van der Waals surface area contributed by atoms with E-state index in [1.54, 1.807) is 6.92 Å². The molecule has 268 valence electrons. The molecule has 0 radical (unpaired) electrons. The molecule has 3 aromatic rings. The Morgan fingerprint density at radius 2 is 1.64 bits per heavy atom. The molecule has 3 atom stereocenters. The number of benzene rings is 1. The molecule has 17 nitrogen and oxygen atoms in total. The minimum Gasteiger partial charge on any atom is -0.483 e. The van der Waals surface area contributed by atoms with Crippen LogP contribution in [-0.2, 0) is 30.5 Å². The number of hydrogen-bond acceptors (Lipinski definition) is 9. The monoisotopic (exact) mass is 693 g/mol. The van der Waals surface area contributed by atoms with Crippen LogP contribution in [0.4, 0.5) is 0 Å². The van der Waals surface area contributed by atoms with E-state index >= 15 is 0 Å². The molecule has 50 heavy (non-hydrogen) atoms. The molecule has 0 bridgehead atoms. The first-order valence-electron chi connectivity index (χ1n) is 16.1. The summed E-state index contributed by atoms with van der Waals surface area (Å²) in [6.45, 7) is 6.28. The molecule has 0 saturated heterocycles. The maximum absolute atomic E-state index is 13.5. The second kappa shape index (κ2) is 18.6. The fraction of sp³-hybridized carbons (Fsp3) is 0.424. The van der Waals surface area contributed by atoms with Gasteiger partial charge in [-0.15, -0.1) is 0 Å². The van der Waals surface area contributed by atoms with Crippen LogP contribution in [-0.4, -0.2) is 97.5 Å². The Morgan fingerprint density at radius 1 is 0.940 bits per heavy atom. The second-order valence-electron chi connectivity index (χ2n) is 12.0. The van der Waals surface area contributed by atoms with Crippen molar-refractivity contribution in [3.8, 4) is 11.4 Å². The largest absolute Gasteiger partial charge is 0.483 e. The summed E-state index contributed by atoms with van der Waals surface area (Å²) >= 11 is 0. The number of pyridine rings is 1. The summed E-state index contributed by atoms with van der Waals surface area (Å²) in [4.78, 5) is 95.1. The number of H-pyrrole nitrogens is 1. The Labute approximate surface area is 288 Å². The Hall–Kier alpha value is -5.87. The Balaban J connectivity index is 0.00000217. The van der Waals surface area contributed by atoms with E-state index in [9.17, 15) is 28.8 Å². The lowest BCUT2D eigenvalue weighted by atomic mass is 10.0. The van der Waals surface area contributed by atoms with Gasteiger partial charge in [0.1, 0.15) is 30.0 Å². The number of amides is 5. The number of carboxylic acid groups (broad SMARTS) is 1. The van der Waals surface area contributed by atoms with Gasteiger partial charge in [-0.2, -0.15) is 5.10 Å². The van der Waals surface area contributed by atoms with E-state index in [1.807, 2.05) is 44.2 Å². The van der Waals surface area contributed by atoms with Gasteiger partial charge in [0.15, 0.2) is 5.82 Å². The summed E-state index contributed by atoms with van der Waals surface area (Å²) in [5.74, 6) is -2.03. The number of carbonyl (C=O) groups excluding carboxylic acids is 5. The zero-order valence-corrected chi connectivity index (χ0v) is 28.3. The van der Waals surface area contributed by atoms with Gasteiger partial charge in [-0.05, 0) is 44.7 Å². The Bertz CT molecular complexity index is 1710. The van der Waals surface area contributed by atoms with Gasteiger partial charge in [-0.3, -0.25) is 33.6 Å². The molecule has 1 unspecified atom stereocenters. The third-order valence-electron chi connectivity index (χ3n) is 7.48. The first-order valence-corrected chi connectivity index (χ1v) is 16.1. The van der Waals surface area contributed by atoms with Crippen molar-refractivity contribution in [2.45, 2.75) is 65.2 Å². The van der Waals surface area contributed by atoms with Crippen LogP contribution in [0.5, 0.6) is 0 Å². The summed E-state index contributed by atoms with van der Waals surface area (Å²) in [6.07, 6.45) is 1.96. The van der Waals surface area contributed by atoms with Gasteiger partial charge < -0.3 is 36.3 Å². The molecule has 1 aromatic carbocycles. The van der Waals surface area contributed by atoms with E-state index < -0.39 is 53.9 Å². The third kappa shape index (κ3) is 11.1. The van der Waals surface area contributed by atoms with Gasteiger partial charge in [-0.1, -0.05) is 44.2 Å². The van der Waals surface area contributed by atoms with Gasteiger partial charge in [-0.25, -0.2) is 9.67 Å². The van der Waals surface area contributed by atoms with Crippen molar-refractivity contribution in [3.63, 3.8) is 0 Å². The summed E-state index contributed by atoms with van der Waals surface area (Å²) in [7, 11) is 0. The van der Waals surface area contributed by atoms with Crippen LogP contribution in [0.25, 0.3) is 11.4 Å². The predicted octanol–water partition coefficient (Wildman–Crippen LogP) is 0.209. The van der Waals surface area contributed by atoms with Gasteiger partial charge in [0.05, 0.1) is 12.6 Å².